The lowest BCUT2D eigenvalue weighted by Crippen LogP contribution is -2.39. The maximum Gasteiger partial charge on any atom is 0.311 e. The summed E-state index contributed by atoms with van der Waals surface area (Å²) in [4.78, 5) is 25.0. The lowest BCUT2D eigenvalue weighted by atomic mass is 9.87. The van der Waals surface area contributed by atoms with Crippen LogP contribution in [-0.4, -0.2) is 41.1 Å². The molecule has 1 N–H and O–H groups in total. The van der Waals surface area contributed by atoms with Crippen LogP contribution in [0.2, 0.25) is 0 Å². The minimum atomic E-state index is -0.874. The molecule has 2 aliphatic rings. The third kappa shape index (κ3) is 2.49. The van der Waals surface area contributed by atoms with Crippen molar-refractivity contribution in [1.82, 2.24) is 4.90 Å². The number of aliphatic carboxylic acids is 1. The van der Waals surface area contributed by atoms with Crippen LogP contribution in [0.15, 0.2) is 0 Å². The van der Waals surface area contributed by atoms with E-state index in [1.165, 1.54) is 0 Å². The summed E-state index contributed by atoms with van der Waals surface area (Å²) < 4.78 is 13.3. The van der Waals surface area contributed by atoms with E-state index in [1.54, 1.807) is 11.8 Å². The average Bonchev–Trinajstić information content (AvgIpc) is 2.72. The molecule has 18 heavy (non-hydrogen) atoms. The molecule has 2 fully saturated rings. The van der Waals surface area contributed by atoms with E-state index in [1.807, 2.05) is 0 Å². The molecule has 0 radical (unpaired) electrons. The van der Waals surface area contributed by atoms with Gasteiger partial charge in [0.15, 0.2) is 0 Å². The van der Waals surface area contributed by atoms with Crippen molar-refractivity contribution in [2.24, 2.45) is 11.3 Å². The molecule has 3 unspecified atom stereocenters. The Kier molecular flexibility index (Phi) is 3.59. The van der Waals surface area contributed by atoms with E-state index < -0.39 is 17.6 Å². The first kappa shape index (κ1) is 13.3. The van der Waals surface area contributed by atoms with Crippen LogP contribution in [0.5, 0.6) is 0 Å². The molecule has 102 valence electrons. The maximum atomic E-state index is 13.3. The van der Waals surface area contributed by atoms with Crippen LogP contribution >= 0.6 is 0 Å². The number of alkyl halides is 1. The molecular weight excluding hydrogens is 237 g/mol. The Bertz CT molecular complexity index is 360. The van der Waals surface area contributed by atoms with Crippen LogP contribution in [0.3, 0.4) is 0 Å². The zero-order valence-corrected chi connectivity index (χ0v) is 10.7. The van der Waals surface area contributed by atoms with Crippen molar-refractivity contribution < 1.29 is 19.1 Å². The van der Waals surface area contributed by atoms with Gasteiger partial charge in [-0.05, 0) is 39.0 Å². The molecule has 0 bridgehead atoms. The van der Waals surface area contributed by atoms with Gasteiger partial charge in [0, 0.05) is 19.0 Å². The predicted molar refractivity (Wildman–Crippen MR) is 63.8 cm³/mol. The fraction of sp³-hybridized carbons (Fsp3) is 0.846. The molecule has 0 aromatic heterocycles. The molecular formula is C13H20FNO3. The van der Waals surface area contributed by atoms with Crippen molar-refractivity contribution in [3.8, 4) is 0 Å². The zero-order chi connectivity index (χ0) is 13.3. The van der Waals surface area contributed by atoms with Gasteiger partial charge >= 0.3 is 5.97 Å². The molecule has 5 heteroatoms. The van der Waals surface area contributed by atoms with Gasteiger partial charge in [-0.3, -0.25) is 9.59 Å². The Morgan fingerprint density at radius 1 is 1.39 bits per heavy atom. The number of halogens is 1. The summed E-state index contributed by atoms with van der Waals surface area (Å²) in [5, 5.41) is 9.13. The second kappa shape index (κ2) is 4.86. The lowest BCUT2D eigenvalue weighted by Gasteiger charge is -2.28. The molecule has 4 nitrogen and oxygen atoms in total. The molecule has 1 saturated carbocycles. The molecule has 1 amide bonds. The van der Waals surface area contributed by atoms with Crippen LogP contribution in [-0.2, 0) is 9.59 Å². The van der Waals surface area contributed by atoms with Crippen molar-refractivity contribution in [2.45, 2.75) is 45.2 Å². The van der Waals surface area contributed by atoms with Gasteiger partial charge in [0.25, 0.3) is 0 Å². The quantitative estimate of drug-likeness (QED) is 0.821. The largest absolute Gasteiger partial charge is 0.481 e. The number of carboxylic acid groups (broad SMARTS) is 1. The number of carbonyl (C=O) groups is 2. The number of rotatable bonds is 2. The fourth-order valence-electron chi connectivity index (χ4n) is 2.94. The maximum absolute atomic E-state index is 13.3. The van der Waals surface area contributed by atoms with E-state index in [0.29, 0.717) is 25.8 Å². The van der Waals surface area contributed by atoms with Crippen LogP contribution in [0.4, 0.5) is 4.39 Å². The standard InChI is InChI=1S/C13H20FNO3/c1-13(12(17)18)5-6-15(8-13)11(16)9-3-2-4-10(14)7-9/h9-10H,2-8H2,1H3,(H,17,18). The molecule has 0 aromatic rings. The first-order valence-electron chi connectivity index (χ1n) is 6.58. The molecule has 0 aromatic carbocycles. The van der Waals surface area contributed by atoms with Gasteiger partial charge < -0.3 is 10.0 Å². The molecule has 1 aliphatic carbocycles. The number of carboxylic acids is 1. The summed E-state index contributed by atoms with van der Waals surface area (Å²) in [6, 6.07) is 0. The highest BCUT2D eigenvalue weighted by atomic mass is 19.1. The molecule has 1 saturated heterocycles. The number of hydrogen-bond donors (Lipinski definition) is 1. The predicted octanol–water partition coefficient (Wildman–Crippen LogP) is 1.84. The van der Waals surface area contributed by atoms with Gasteiger partial charge in [0.2, 0.25) is 5.91 Å². The SMILES string of the molecule is CC1(C(=O)O)CCN(C(=O)C2CCCC(F)C2)C1. The van der Waals surface area contributed by atoms with E-state index >= 15 is 0 Å². The molecule has 1 aliphatic heterocycles. The highest BCUT2D eigenvalue weighted by Crippen LogP contribution is 2.34. The number of hydrogen-bond acceptors (Lipinski definition) is 2. The summed E-state index contributed by atoms with van der Waals surface area (Å²) in [5.74, 6) is -1.16. The van der Waals surface area contributed by atoms with E-state index in [4.69, 9.17) is 5.11 Å². The number of carbonyl (C=O) groups excluding carboxylic acids is 1. The van der Waals surface area contributed by atoms with E-state index in [0.717, 1.165) is 12.8 Å². The van der Waals surface area contributed by atoms with Gasteiger partial charge in [-0.15, -0.1) is 0 Å². The fourth-order valence-corrected chi connectivity index (χ4v) is 2.94. The monoisotopic (exact) mass is 257 g/mol. The number of likely N-dealkylation sites (tertiary alicyclic amines) is 1. The van der Waals surface area contributed by atoms with Crippen molar-refractivity contribution in [3.05, 3.63) is 0 Å². The van der Waals surface area contributed by atoms with Crippen molar-refractivity contribution in [2.75, 3.05) is 13.1 Å². The summed E-state index contributed by atoms with van der Waals surface area (Å²) >= 11 is 0. The van der Waals surface area contributed by atoms with E-state index in [2.05, 4.69) is 0 Å². The molecule has 1 heterocycles. The Balaban J connectivity index is 1.97. The average molecular weight is 257 g/mol. The Morgan fingerprint density at radius 3 is 2.67 bits per heavy atom. The van der Waals surface area contributed by atoms with Crippen molar-refractivity contribution >= 4 is 11.9 Å². The third-order valence-electron chi connectivity index (χ3n) is 4.26. The topological polar surface area (TPSA) is 57.6 Å². The van der Waals surface area contributed by atoms with Gasteiger partial charge in [0.05, 0.1) is 5.41 Å². The molecule has 2 rings (SSSR count). The lowest BCUT2D eigenvalue weighted by molar-refractivity contribution is -0.147. The number of amides is 1. The minimum absolute atomic E-state index is 0.0534. The molecule has 3 atom stereocenters. The summed E-state index contributed by atoms with van der Waals surface area (Å²) in [7, 11) is 0. The first-order valence-corrected chi connectivity index (χ1v) is 6.58. The Hall–Kier alpha value is -1.13. The van der Waals surface area contributed by atoms with Crippen LogP contribution in [0, 0.1) is 11.3 Å². The smallest absolute Gasteiger partial charge is 0.311 e. The highest BCUT2D eigenvalue weighted by molar-refractivity contribution is 5.82. The van der Waals surface area contributed by atoms with Gasteiger partial charge in [-0.2, -0.15) is 0 Å². The Labute approximate surface area is 106 Å². The first-order chi connectivity index (χ1) is 8.42. The van der Waals surface area contributed by atoms with Crippen LogP contribution in [0.25, 0.3) is 0 Å². The van der Waals surface area contributed by atoms with Gasteiger partial charge in [-0.25, -0.2) is 4.39 Å². The van der Waals surface area contributed by atoms with Gasteiger partial charge in [0.1, 0.15) is 6.17 Å². The Morgan fingerprint density at radius 2 is 2.11 bits per heavy atom. The second-order valence-electron chi connectivity index (χ2n) is 5.84. The third-order valence-corrected chi connectivity index (χ3v) is 4.26. The highest BCUT2D eigenvalue weighted by Gasteiger charge is 2.43. The van der Waals surface area contributed by atoms with Crippen LogP contribution < -0.4 is 0 Å². The van der Waals surface area contributed by atoms with Crippen molar-refractivity contribution in [1.29, 1.82) is 0 Å². The minimum Gasteiger partial charge on any atom is -0.481 e. The van der Waals surface area contributed by atoms with Crippen molar-refractivity contribution in [3.63, 3.8) is 0 Å². The normalized spacial score (nSPS) is 36.7. The zero-order valence-electron chi connectivity index (χ0n) is 10.7. The summed E-state index contributed by atoms with van der Waals surface area (Å²) in [5.41, 5.74) is -0.834. The summed E-state index contributed by atoms with van der Waals surface area (Å²) in [6.07, 6.45) is 1.96. The molecule has 0 spiro atoms. The summed E-state index contributed by atoms with van der Waals surface area (Å²) in [6.45, 7) is 2.41. The van der Waals surface area contributed by atoms with E-state index in [9.17, 15) is 14.0 Å². The number of nitrogens with zero attached hydrogens (tertiary/aromatic N) is 1. The van der Waals surface area contributed by atoms with Crippen LogP contribution in [0.1, 0.15) is 39.0 Å². The second-order valence-corrected chi connectivity index (χ2v) is 5.84. The van der Waals surface area contributed by atoms with Gasteiger partial charge in [-0.1, -0.05) is 0 Å². The van der Waals surface area contributed by atoms with E-state index in [-0.39, 0.29) is 18.4 Å².